The maximum absolute atomic E-state index is 13.6. The smallest absolute Gasteiger partial charge is 0.385 e. The normalized spacial score (nSPS) is 16.6. The van der Waals surface area contributed by atoms with Gasteiger partial charge in [0.2, 0.25) is 5.83 Å². The third kappa shape index (κ3) is 4.29. The lowest BCUT2D eigenvalue weighted by molar-refractivity contribution is -0.452. The first-order valence-corrected chi connectivity index (χ1v) is 8.38. The lowest BCUT2D eigenvalue weighted by Gasteiger charge is -2.43. The van der Waals surface area contributed by atoms with Gasteiger partial charge in [-0.3, -0.25) is 0 Å². The van der Waals surface area contributed by atoms with Gasteiger partial charge in [0.05, 0.1) is 0 Å². The average Bonchev–Trinajstić information content (AvgIpc) is 2.69. The maximum atomic E-state index is 13.6. The van der Waals surface area contributed by atoms with Crippen molar-refractivity contribution in [1.29, 1.82) is 0 Å². The number of allylic oxidation sites excluding steroid dienone is 2. The number of hydrogen-bond donors (Lipinski definition) is 1. The van der Waals surface area contributed by atoms with E-state index in [1.165, 1.54) is 6.92 Å². The summed E-state index contributed by atoms with van der Waals surface area (Å²) in [7, 11) is 0. The third-order valence-corrected chi connectivity index (χ3v) is 4.29. The Bertz CT molecular complexity index is 752. The van der Waals surface area contributed by atoms with Gasteiger partial charge in [0.15, 0.2) is 0 Å². The zero-order valence-electron chi connectivity index (χ0n) is 16.1. The Labute approximate surface area is 177 Å². The molecule has 1 nitrogen and oxygen atoms in total. The van der Waals surface area contributed by atoms with E-state index in [1.807, 2.05) is 0 Å². The van der Waals surface area contributed by atoms with Gasteiger partial charge in [0.1, 0.15) is 12.4 Å². The van der Waals surface area contributed by atoms with Crippen LogP contribution in [0.5, 0.6) is 0 Å². The number of halogens is 18. The van der Waals surface area contributed by atoms with Crippen molar-refractivity contribution in [2.24, 2.45) is 0 Å². The van der Waals surface area contributed by atoms with Crippen LogP contribution < -0.4 is 0 Å². The summed E-state index contributed by atoms with van der Waals surface area (Å²) in [6, 6.07) is 0. The Morgan fingerprint density at radius 2 is 0.882 bits per heavy atom. The van der Waals surface area contributed by atoms with Crippen LogP contribution in [0.25, 0.3) is 0 Å². The molecule has 0 aromatic heterocycles. The molecule has 0 radical (unpaired) electrons. The molecule has 0 aromatic carbocycles. The summed E-state index contributed by atoms with van der Waals surface area (Å²) in [6.45, 7) is -2.32. The van der Waals surface area contributed by atoms with E-state index in [0.717, 1.165) is 0 Å². The lowest BCUT2D eigenvalue weighted by Crippen LogP contribution is -2.75. The van der Waals surface area contributed by atoms with Gasteiger partial charge in [0.25, 0.3) is 0 Å². The largest absolute Gasteiger partial charge is 0.390 e. The second kappa shape index (κ2) is 9.15. The summed E-state index contributed by atoms with van der Waals surface area (Å²) in [4.78, 5) is 0. The number of aliphatic hydroxyl groups is 1. The van der Waals surface area contributed by atoms with Gasteiger partial charge in [-0.05, 0) is 6.42 Å². The molecule has 0 fully saturated rings. The second-order valence-electron chi connectivity index (χ2n) is 6.71. The summed E-state index contributed by atoms with van der Waals surface area (Å²) >= 11 is 0. The molecule has 34 heavy (non-hydrogen) atoms. The first-order valence-electron chi connectivity index (χ1n) is 8.38. The molecule has 0 bridgehead atoms. The van der Waals surface area contributed by atoms with Gasteiger partial charge in [-0.15, -0.1) is 0 Å². The molecule has 0 aromatic rings. The molecule has 204 valence electrons. The summed E-state index contributed by atoms with van der Waals surface area (Å²) in [5.41, 5.74) is 0. The maximum Gasteiger partial charge on any atom is 0.385 e. The fraction of sp³-hybridized carbons (Fsp3) is 0.867. The number of alkyl halides is 16. The number of unbranched alkanes of at least 4 members (excludes halogenated alkanes) is 1. The van der Waals surface area contributed by atoms with E-state index < -0.39 is 78.5 Å². The molecular weight excluding hydrogens is 538 g/mol. The average molecular weight is 550 g/mol. The fourth-order valence-corrected chi connectivity index (χ4v) is 2.06. The van der Waals surface area contributed by atoms with Crippen LogP contribution in [0.3, 0.4) is 0 Å². The number of aliphatic hydroxyl groups excluding tert-OH is 1. The SMILES string of the molecule is CCCC/C(F)=C(/F)C(F)(F)C(F)(F)C(F)(F)C(F)(F)C(F)(F)C(F)(F)C(F)(F)C(F)(F)CO. The van der Waals surface area contributed by atoms with Crippen LogP contribution in [0.2, 0.25) is 0 Å². The second-order valence-corrected chi connectivity index (χ2v) is 6.71. The van der Waals surface area contributed by atoms with Crippen LogP contribution in [0.15, 0.2) is 11.7 Å². The van der Waals surface area contributed by atoms with Crippen molar-refractivity contribution in [3.8, 4) is 0 Å². The van der Waals surface area contributed by atoms with Gasteiger partial charge in [-0.25, -0.2) is 8.78 Å². The molecular formula is C15H12F18O. The van der Waals surface area contributed by atoms with E-state index in [-0.39, 0.29) is 6.42 Å². The Morgan fingerprint density at radius 3 is 1.21 bits per heavy atom. The molecule has 0 aliphatic carbocycles. The lowest BCUT2D eigenvalue weighted by atomic mass is 9.87. The van der Waals surface area contributed by atoms with Crippen molar-refractivity contribution >= 4 is 0 Å². The van der Waals surface area contributed by atoms with Gasteiger partial charge in [-0.1, -0.05) is 13.3 Å². The minimum absolute atomic E-state index is 0.176. The van der Waals surface area contributed by atoms with Crippen LogP contribution in [0, 0.1) is 0 Å². The van der Waals surface area contributed by atoms with Crippen molar-refractivity contribution in [2.75, 3.05) is 6.61 Å². The summed E-state index contributed by atoms with van der Waals surface area (Å²) in [6.07, 6.45) is -2.34. The summed E-state index contributed by atoms with van der Waals surface area (Å²) < 4.78 is 240. The summed E-state index contributed by atoms with van der Waals surface area (Å²) in [5.74, 6) is -72.0. The van der Waals surface area contributed by atoms with Crippen molar-refractivity contribution in [3.63, 3.8) is 0 Å². The first-order chi connectivity index (χ1) is 14.7. The minimum Gasteiger partial charge on any atom is -0.390 e. The predicted molar refractivity (Wildman–Crippen MR) is 75.4 cm³/mol. The first kappa shape index (κ1) is 32.4. The third-order valence-electron chi connectivity index (χ3n) is 4.29. The molecule has 0 atom stereocenters. The highest BCUT2D eigenvalue weighted by atomic mass is 19.4. The van der Waals surface area contributed by atoms with Crippen molar-refractivity contribution < 1.29 is 84.1 Å². The van der Waals surface area contributed by atoms with E-state index in [4.69, 9.17) is 5.11 Å². The molecule has 0 aliphatic rings. The molecule has 1 N–H and O–H groups in total. The topological polar surface area (TPSA) is 20.2 Å². The van der Waals surface area contributed by atoms with Gasteiger partial charge < -0.3 is 5.11 Å². The Hall–Kier alpha value is -1.56. The zero-order valence-corrected chi connectivity index (χ0v) is 16.1. The van der Waals surface area contributed by atoms with E-state index in [0.29, 0.717) is 0 Å². The molecule has 0 aliphatic heterocycles. The molecule has 0 saturated carbocycles. The van der Waals surface area contributed by atoms with Crippen molar-refractivity contribution in [3.05, 3.63) is 11.7 Å². The highest BCUT2D eigenvalue weighted by molar-refractivity contribution is 5.22. The van der Waals surface area contributed by atoms with Gasteiger partial charge in [-0.2, -0.15) is 70.2 Å². The zero-order chi connectivity index (χ0) is 28.0. The highest BCUT2D eigenvalue weighted by Crippen LogP contribution is 2.64. The molecule has 0 amide bonds. The molecule has 0 saturated heterocycles. The monoisotopic (exact) mass is 550 g/mol. The fourth-order valence-electron chi connectivity index (χ4n) is 2.06. The van der Waals surface area contributed by atoms with Crippen molar-refractivity contribution in [1.82, 2.24) is 0 Å². The Kier molecular flexibility index (Phi) is 8.73. The minimum atomic E-state index is -8.74. The van der Waals surface area contributed by atoms with E-state index >= 15 is 0 Å². The van der Waals surface area contributed by atoms with E-state index in [9.17, 15) is 79.0 Å². The molecule has 0 spiro atoms. The molecule has 0 rings (SSSR count). The summed E-state index contributed by atoms with van der Waals surface area (Å²) in [5, 5.41) is 7.89. The van der Waals surface area contributed by atoms with Crippen LogP contribution >= 0.6 is 0 Å². The molecule has 19 heteroatoms. The van der Waals surface area contributed by atoms with Gasteiger partial charge in [0, 0.05) is 6.42 Å². The highest BCUT2D eigenvalue weighted by Gasteiger charge is 2.95. The number of rotatable bonds is 12. The van der Waals surface area contributed by atoms with Crippen LogP contribution in [-0.4, -0.2) is 59.1 Å². The van der Waals surface area contributed by atoms with Crippen LogP contribution in [0.1, 0.15) is 26.2 Å². The van der Waals surface area contributed by atoms with Crippen LogP contribution in [0.4, 0.5) is 79.0 Å². The van der Waals surface area contributed by atoms with Gasteiger partial charge >= 0.3 is 47.4 Å². The van der Waals surface area contributed by atoms with Crippen LogP contribution in [-0.2, 0) is 0 Å². The molecule has 0 unspecified atom stereocenters. The Balaban J connectivity index is 6.87. The standard InChI is InChI=1S/C15H12F18O/c1-2-3-4-6(16)7(17)9(20,21)11(24,25)13(28,29)15(32,33)14(30,31)12(26,27)10(22,23)8(18,19)5-34/h34H,2-5H2,1H3/b7-6-. The predicted octanol–water partition coefficient (Wildman–Crippen LogP) is 7.40. The van der Waals surface area contributed by atoms with E-state index in [1.54, 1.807) is 0 Å². The van der Waals surface area contributed by atoms with E-state index in [2.05, 4.69) is 0 Å². The van der Waals surface area contributed by atoms with Crippen molar-refractivity contribution in [2.45, 2.75) is 73.6 Å². The number of hydrogen-bond acceptors (Lipinski definition) is 1. The quantitative estimate of drug-likeness (QED) is 0.251. The molecule has 0 heterocycles. The Morgan fingerprint density at radius 1 is 0.559 bits per heavy atom.